The second kappa shape index (κ2) is 7.39. The smallest absolute Gasteiger partial charge is 0.144 e. The Labute approximate surface area is 190 Å². The summed E-state index contributed by atoms with van der Waals surface area (Å²) in [5, 5.41) is 1.92. The normalized spacial score (nSPS) is 15.3. The molecule has 31 heavy (non-hydrogen) atoms. The zero-order valence-corrected chi connectivity index (χ0v) is 17.9. The van der Waals surface area contributed by atoms with E-state index in [1.165, 1.54) is 0 Å². The molecule has 0 amide bonds. The molecule has 0 saturated heterocycles. The second-order valence-electron chi connectivity index (χ2n) is 8.88. The van der Waals surface area contributed by atoms with Gasteiger partial charge in [0.15, 0.2) is 0 Å². The van der Waals surface area contributed by atoms with Crippen molar-refractivity contribution in [3.8, 4) is 22.4 Å². The van der Waals surface area contributed by atoms with Crippen LogP contribution < -0.4 is 0 Å². The highest BCUT2D eigenvalue weighted by Crippen LogP contribution is 2.37. The van der Waals surface area contributed by atoms with Gasteiger partial charge in [0.25, 0.3) is 0 Å². The van der Waals surface area contributed by atoms with Crippen molar-refractivity contribution in [3.05, 3.63) is 90.1 Å². The van der Waals surface area contributed by atoms with Crippen molar-refractivity contribution < 1.29 is 11.3 Å². The molecule has 3 aromatic carbocycles. The lowest BCUT2D eigenvalue weighted by atomic mass is 9.88. The molecular weight excluding hydrogens is 378 g/mol. The maximum absolute atomic E-state index is 8.67. The van der Waals surface area contributed by atoms with Crippen molar-refractivity contribution in [1.29, 1.82) is 0 Å². The summed E-state index contributed by atoms with van der Waals surface area (Å²) in [6.07, 6.45) is 0.118. The van der Waals surface area contributed by atoms with E-state index in [9.17, 15) is 0 Å². The van der Waals surface area contributed by atoms with Gasteiger partial charge in [-0.05, 0) is 65.7 Å². The van der Waals surface area contributed by atoms with Gasteiger partial charge in [0.2, 0.25) is 0 Å². The first-order valence-corrected chi connectivity index (χ1v) is 10.4. The quantitative estimate of drug-likeness (QED) is 0.299. The zero-order chi connectivity index (χ0) is 25.9. The van der Waals surface area contributed by atoms with Crippen molar-refractivity contribution in [2.75, 3.05) is 0 Å². The topological polar surface area (TPSA) is 26.0 Å². The number of hydrogen-bond donors (Lipinski definition) is 0. The highest BCUT2D eigenvalue weighted by molar-refractivity contribution is 6.10. The fourth-order valence-electron chi connectivity index (χ4n) is 3.93. The summed E-state index contributed by atoms with van der Waals surface area (Å²) in [5.41, 5.74) is 5.03. The van der Waals surface area contributed by atoms with Crippen LogP contribution in [-0.4, -0.2) is 4.98 Å². The molecule has 0 fully saturated rings. The van der Waals surface area contributed by atoms with Crippen molar-refractivity contribution in [2.45, 2.75) is 34.0 Å². The fraction of sp³-hybridized carbons (Fsp3) is 0.207. The molecule has 0 bridgehead atoms. The molecule has 0 radical (unpaired) electrons. The van der Waals surface area contributed by atoms with E-state index in [2.05, 4.69) is 4.98 Å². The van der Waals surface area contributed by atoms with Gasteiger partial charge >= 0.3 is 0 Å². The molecular formula is C29H27NO. The Kier molecular flexibility index (Phi) is 3.48. The number of nitrogens with zero attached hydrogens (tertiary/aromatic N) is 1. The molecule has 154 valence electrons. The minimum Gasteiger partial charge on any atom is -0.455 e. The lowest BCUT2D eigenvalue weighted by Crippen LogP contribution is -2.09. The molecule has 0 N–H and O–H groups in total. The van der Waals surface area contributed by atoms with Crippen LogP contribution >= 0.6 is 0 Å². The molecule has 0 aliphatic heterocycles. The average Bonchev–Trinajstić information content (AvgIpc) is 3.21. The number of rotatable bonds is 3. The monoisotopic (exact) mass is 410 g/mol. The molecule has 2 nitrogen and oxygen atoms in total. The standard InChI is InChI=1S/C29H27NO/c1-19-8-10-21(11-9-19)22-12-13-23-24-6-5-7-25(28(24)31-27(23)17-22)26-16-20(14-15-30-26)18-29(2,3)4/h5-17H,18H2,1-4H3/i1D3,18D2. The Morgan fingerprint density at radius 3 is 2.48 bits per heavy atom. The summed E-state index contributed by atoms with van der Waals surface area (Å²) < 4.78 is 46.4. The van der Waals surface area contributed by atoms with Gasteiger partial charge in [-0.2, -0.15) is 0 Å². The number of pyridine rings is 1. The Morgan fingerprint density at radius 1 is 0.903 bits per heavy atom. The molecule has 2 heterocycles. The maximum Gasteiger partial charge on any atom is 0.144 e. The van der Waals surface area contributed by atoms with Crippen LogP contribution in [0.1, 0.15) is 38.8 Å². The highest BCUT2D eigenvalue weighted by Gasteiger charge is 2.16. The summed E-state index contributed by atoms with van der Waals surface area (Å²) in [6, 6.07) is 22.3. The van der Waals surface area contributed by atoms with Crippen LogP contribution in [0.3, 0.4) is 0 Å². The van der Waals surface area contributed by atoms with Gasteiger partial charge < -0.3 is 4.42 Å². The van der Waals surface area contributed by atoms with Crippen LogP contribution in [0.25, 0.3) is 44.3 Å². The molecule has 0 unspecified atom stereocenters. The molecule has 5 rings (SSSR count). The number of fused-ring (bicyclic) bond motifs is 3. The number of para-hydroxylation sites is 1. The van der Waals surface area contributed by atoms with E-state index < -0.39 is 18.6 Å². The fourth-order valence-corrected chi connectivity index (χ4v) is 3.93. The maximum atomic E-state index is 8.67. The third-order valence-corrected chi connectivity index (χ3v) is 5.27. The molecule has 0 atom stereocenters. The molecule has 0 aliphatic carbocycles. The van der Waals surface area contributed by atoms with Crippen molar-refractivity contribution >= 4 is 21.9 Å². The van der Waals surface area contributed by atoms with E-state index in [0.29, 0.717) is 22.4 Å². The summed E-state index contributed by atoms with van der Waals surface area (Å²) in [7, 11) is 0. The summed E-state index contributed by atoms with van der Waals surface area (Å²) in [5.74, 6) is 0. The van der Waals surface area contributed by atoms with Crippen LogP contribution in [0.15, 0.2) is 83.4 Å². The number of aromatic nitrogens is 1. The molecule has 2 heteroatoms. The van der Waals surface area contributed by atoms with Gasteiger partial charge in [-0.1, -0.05) is 68.8 Å². The number of aryl methyl sites for hydroxylation is 1. The Balaban J connectivity index is 1.60. The van der Waals surface area contributed by atoms with Gasteiger partial charge in [-0.3, -0.25) is 4.98 Å². The van der Waals surface area contributed by atoms with Crippen LogP contribution in [-0.2, 0) is 6.37 Å². The lowest BCUT2D eigenvalue weighted by molar-refractivity contribution is 0.411. The summed E-state index contributed by atoms with van der Waals surface area (Å²) in [6.45, 7) is 3.54. The van der Waals surface area contributed by atoms with E-state index in [1.807, 2.05) is 75.4 Å². The Bertz CT molecular complexity index is 1570. The van der Waals surface area contributed by atoms with Crippen molar-refractivity contribution in [2.24, 2.45) is 5.41 Å². The summed E-state index contributed by atoms with van der Waals surface area (Å²) >= 11 is 0. The van der Waals surface area contributed by atoms with E-state index in [-0.39, 0.29) is 0 Å². The first-order chi connectivity index (χ1) is 16.9. The average molecular weight is 411 g/mol. The first kappa shape index (κ1) is 14.6. The molecule has 0 saturated carbocycles. The predicted octanol–water partition coefficient (Wildman–Crippen LogP) is 8.21. The van der Waals surface area contributed by atoms with Gasteiger partial charge in [0.1, 0.15) is 11.2 Å². The zero-order valence-electron chi connectivity index (χ0n) is 22.9. The number of hydrogen-bond acceptors (Lipinski definition) is 2. The first-order valence-electron chi connectivity index (χ1n) is 12.9. The van der Waals surface area contributed by atoms with Gasteiger partial charge in [-0.25, -0.2) is 0 Å². The van der Waals surface area contributed by atoms with Crippen LogP contribution in [0, 0.1) is 12.3 Å². The largest absolute Gasteiger partial charge is 0.455 e. The third kappa shape index (κ3) is 3.86. The minimum absolute atomic E-state index is 0.311. The van der Waals surface area contributed by atoms with Gasteiger partial charge in [0.05, 0.1) is 5.69 Å². The van der Waals surface area contributed by atoms with Gasteiger partial charge in [0, 0.05) is 29.4 Å². The minimum atomic E-state index is -2.13. The van der Waals surface area contributed by atoms with Crippen molar-refractivity contribution in [3.63, 3.8) is 0 Å². The van der Waals surface area contributed by atoms with E-state index >= 15 is 0 Å². The van der Waals surface area contributed by atoms with Crippen LogP contribution in [0.4, 0.5) is 0 Å². The van der Waals surface area contributed by atoms with Crippen LogP contribution in [0.5, 0.6) is 0 Å². The Hall–Kier alpha value is -3.39. The van der Waals surface area contributed by atoms with E-state index in [4.69, 9.17) is 11.3 Å². The number of furan rings is 1. The van der Waals surface area contributed by atoms with E-state index in [0.717, 1.165) is 33.0 Å². The molecule has 2 aromatic heterocycles. The second-order valence-corrected chi connectivity index (χ2v) is 8.88. The highest BCUT2D eigenvalue weighted by atomic mass is 16.3. The van der Waals surface area contributed by atoms with Gasteiger partial charge in [-0.15, -0.1) is 0 Å². The molecule has 5 aromatic rings. The lowest BCUT2D eigenvalue weighted by Gasteiger charge is -2.18. The van der Waals surface area contributed by atoms with E-state index in [1.54, 1.807) is 24.4 Å². The van der Waals surface area contributed by atoms with Crippen LogP contribution in [0.2, 0.25) is 0 Å². The molecule has 0 spiro atoms. The predicted molar refractivity (Wildman–Crippen MR) is 130 cm³/mol. The SMILES string of the molecule is [2H]C([2H])([2H])c1ccc(-c2ccc3c(c2)oc2c(-c4cc(C([2H])([2H])C(C)(C)C)ccn4)cccc23)cc1. The molecule has 0 aliphatic rings. The summed E-state index contributed by atoms with van der Waals surface area (Å²) in [4.78, 5) is 4.55. The Morgan fingerprint density at radius 2 is 1.71 bits per heavy atom. The third-order valence-electron chi connectivity index (χ3n) is 5.27. The number of benzene rings is 3. The van der Waals surface area contributed by atoms with Crippen molar-refractivity contribution in [1.82, 2.24) is 4.98 Å².